The topological polar surface area (TPSA) is 79.7 Å². The van der Waals surface area contributed by atoms with Crippen molar-refractivity contribution in [3.8, 4) is 5.75 Å². The summed E-state index contributed by atoms with van der Waals surface area (Å²) in [6.45, 7) is 1.83. The quantitative estimate of drug-likeness (QED) is 0.256. The summed E-state index contributed by atoms with van der Waals surface area (Å²) in [5.74, 6) is -1.83. The van der Waals surface area contributed by atoms with Gasteiger partial charge in [0.15, 0.2) is 0 Å². The van der Waals surface area contributed by atoms with Crippen molar-refractivity contribution in [3.05, 3.63) is 97.8 Å². The minimum absolute atomic E-state index is 0.0405. The van der Waals surface area contributed by atoms with E-state index in [1.807, 2.05) is 0 Å². The fraction of sp³-hybridized carbons (Fsp3) is 0.160. The van der Waals surface area contributed by atoms with E-state index in [2.05, 4.69) is 4.98 Å². The molecule has 1 saturated heterocycles. The van der Waals surface area contributed by atoms with Gasteiger partial charge in [-0.05, 0) is 54.4 Å². The maximum atomic E-state index is 13.3. The van der Waals surface area contributed by atoms with Crippen molar-refractivity contribution in [1.29, 1.82) is 0 Å². The molecule has 6 nitrogen and oxygen atoms in total. The highest BCUT2D eigenvalue weighted by Crippen LogP contribution is 2.44. The van der Waals surface area contributed by atoms with E-state index in [4.69, 9.17) is 39.5 Å². The lowest BCUT2D eigenvalue weighted by atomic mass is 9.94. The number of nitrogens with zero attached hydrogens (tertiary/aromatic N) is 2. The van der Waals surface area contributed by atoms with Gasteiger partial charge in [0, 0.05) is 6.20 Å². The number of Topliss-reactive ketones (excluding diaryl/α,β-unsaturated/α-hetero) is 1. The molecule has 1 aliphatic rings. The van der Waals surface area contributed by atoms with Crippen LogP contribution in [0.1, 0.15) is 28.4 Å². The normalized spacial score (nSPS) is 17.3. The summed E-state index contributed by atoms with van der Waals surface area (Å²) in [6, 6.07) is 12.4. The fourth-order valence-electron chi connectivity index (χ4n) is 4.00. The van der Waals surface area contributed by atoms with Gasteiger partial charge < -0.3 is 14.7 Å². The first-order valence-corrected chi connectivity index (χ1v) is 11.3. The number of amides is 1. The van der Waals surface area contributed by atoms with E-state index >= 15 is 0 Å². The molecule has 1 amide bonds. The lowest BCUT2D eigenvalue weighted by molar-refractivity contribution is -0.140. The molecule has 34 heavy (non-hydrogen) atoms. The van der Waals surface area contributed by atoms with Gasteiger partial charge in [0.2, 0.25) is 0 Å². The molecule has 4 rings (SSSR count). The molecule has 0 radical (unpaired) electrons. The maximum absolute atomic E-state index is 13.3. The van der Waals surface area contributed by atoms with E-state index in [9.17, 15) is 14.7 Å². The minimum atomic E-state index is -0.944. The van der Waals surface area contributed by atoms with E-state index < -0.39 is 23.5 Å². The lowest BCUT2D eigenvalue weighted by Crippen LogP contribution is -2.29. The van der Waals surface area contributed by atoms with Crippen LogP contribution in [-0.4, -0.2) is 33.8 Å². The number of hydrogen-bond acceptors (Lipinski definition) is 5. The molecule has 1 aliphatic heterocycles. The second-order valence-electron chi connectivity index (χ2n) is 7.75. The first-order valence-electron chi connectivity index (χ1n) is 10.2. The summed E-state index contributed by atoms with van der Waals surface area (Å²) < 4.78 is 5.39. The fourth-order valence-corrected chi connectivity index (χ4v) is 4.65. The Hall–Kier alpha value is -3.06. The molecule has 2 aromatic carbocycles. The average molecular weight is 518 g/mol. The standard InChI is InChI=1S/C25H19Cl3N2O4/c1-13-9-16(24(34-2)19(28)10-13)22(31)20-21(14-6-7-17(26)18(27)11-14)30(25(33)23(20)32)12-15-5-3-4-8-29-15/h3-11,21,31H,12H2,1-2H3/b22-20+. The molecule has 1 aromatic heterocycles. The van der Waals surface area contributed by atoms with Gasteiger partial charge in [-0.25, -0.2) is 0 Å². The van der Waals surface area contributed by atoms with Crippen LogP contribution < -0.4 is 4.74 Å². The van der Waals surface area contributed by atoms with Crippen LogP contribution in [0.4, 0.5) is 0 Å². The highest BCUT2D eigenvalue weighted by Gasteiger charge is 2.46. The van der Waals surface area contributed by atoms with E-state index in [1.54, 1.807) is 61.7 Å². The molecule has 0 bridgehead atoms. The lowest BCUT2D eigenvalue weighted by Gasteiger charge is -2.25. The summed E-state index contributed by atoms with van der Waals surface area (Å²) in [5, 5.41) is 12.2. The van der Waals surface area contributed by atoms with Crippen molar-refractivity contribution in [2.75, 3.05) is 7.11 Å². The van der Waals surface area contributed by atoms with Gasteiger partial charge in [-0.15, -0.1) is 0 Å². The highest BCUT2D eigenvalue weighted by atomic mass is 35.5. The molecule has 1 atom stereocenters. The number of hydrogen-bond donors (Lipinski definition) is 1. The number of benzene rings is 2. The van der Waals surface area contributed by atoms with E-state index in [0.717, 1.165) is 5.56 Å². The molecule has 174 valence electrons. The Bertz CT molecular complexity index is 1330. The zero-order valence-corrected chi connectivity index (χ0v) is 20.4. The summed E-state index contributed by atoms with van der Waals surface area (Å²) >= 11 is 18.7. The molecule has 0 spiro atoms. The largest absolute Gasteiger partial charge is 0.507 e. The van der Waals surface area contributed by atoms with Crippen molar-refractivity contribution in [1.82, 2.24) is 9.88 Å². The molecule has 0 aliphatic carbocycles. The third kappa shape index (κ3) is 4.37. The van der Waals surface area contributed by atoms with Gasteiger partial charge in [-0.1, -0.05) is 46.9 Å². The van der Waals surface area contributed by atoms with Crippen LogP contribution in [0.2, 0.25) is 15.1 Å². The van der Waals surface area contributed by atoms with Crippen molar-refractivity contribution in [3.63, 3.8) is 0 Å². The zero-order chi connectivity index (χ0) is 24.6. The number of rotatable bonds is 5. The van der Waals surface area contributed by atoms with Crippen LogP contribution in [0.15, 0.2) is 60.3 Å². The SMILES string of the molecule is COc1c(Cl)cc(C)cc1/C(O)=C1\C(=O)C(=O)N(Cc2ccccn2)C1c1ccc(Cl)c(Cl)c1. The number of aromatic nitrogens is 1. The van der Waals surface area contributed by atoms with Crippen LogP contribution in [0.5, 0.6) is 5.75 Å². The number of ketones is 1. The molecule has 9 heteroatoms. The van der Waals surface area contributed by atoms with Crippen molar-refractivity contribution < 1.29 is 19.4 Å². The number of aliphatic hydroxyl groups excluding tert-OH is 1. The molecule has 2 heterocycles. The third-order valence-electron chi connectivity index (χ3n) is 5.51. The number of methoxy groups -OCH3 is 1. The zero-order valence-electron chi connectivity index (χ0n) is 18.2. The number of pyridine rings is 1. The van der Waals surface area contributed by atoms with Crippen LogP contribution >= 0.6 is 34.8 Å². The Balaban J connectivity index is 1.95. The molecule has 3 aromatic rings. The van der Waals surface area contributed by atoms with Gasteiger partial charge in [-0.3, -0.25) is 14.6 Å². The Kier molecular flexibility index (Phi) is 6.84. The van der Waals surface area contributed by atoms with E-state index in [-0.39, 0.29) is 33.5 Å². The first kappa shape index (κ1) is 24.1. The maximum Gasteiger partial charge on any atom is 0.296 e. The second-order valence-corrected chi connectivity index (χ2v) is 8.97. The van der Waals surface area contributed by atoms with Crippen molar-refractivity contribution in [2.24, 2.45) is 0 Å². The summed E-state index contributed by atoms with van der Waals surface area (Å²) in [4.78, 5) is 32.0. The van der Waals surface area contributed by atoms with Crippen LogP contribution in [0, 0.1) is 6.92 Å². The molecular formula is C25H19Cl3N2O4. The van der Waals surface area contributed by atoms with Gasteiger partial charge in [0.1, 0.15) is 11.5 Å². The number of halogens is 3. The van der Waals surface area contributed by atoms with Crippen LogP contribution in [0.25, 0.3) is 5.76 Å². The minimum Gasteiger partial charge on any atom is -0.507 e. The summed E-state index contributed by atoms with van der Waals surface area (Å²) in [7, 11) is 1.41. The molecule has 1 N–H and O–H groups in total. The van der Waals surface area contributed by atoms with E-state index in [1.165, 1.54) is 12.0 Å². The van der Waals surface area contributed by atoms with E-state index in [0.29, 0.717) is 16.3 Å². The molecule has 1 fully saturated rings. The number of carbonyl (C=O) groups is 2. The van der Waals surface area contributed by atoms with Crippen LogP contribution in [0.3, 0.4) is 0 Å². The van der Waals surface area contributed by atoms with Gasteiger partial charge in [-0.2, -0.15) is 0 Å². The molecule has 0 saturated carbocycles. The third-order valence-corrected chi connectivity index (χ3v) is 6.52. The average Bonchev–Trinajstić information content (AvgIpc) is 3.05. The predicted molar refractivity (Wildman–Crippen MR) is 131 cm³/mol. The van der Waals surface area contributed by atoms with Crippen molar-refractivity contribution >= 4 is 52.3 Å². The highest BCUT2D eigenvalue weighted by molar-refractivity contribution is 6.47. The van der Waals surface area contributed by atoms with Gasteiger partial charge in [0.25, 0.3) is 11.7 Å². The number of ether oxygens (including phenoxy) is 1. The van der Waals surface area contributed by atoms with Crippen molar-refractivity contribution in [2.45, 2.75) is 19.5 Å². The summed E-state index contributed by atoms with van der Waals surface area (Å²) in [6.07, 6.45) is 1.60. The summed E-state index contributed by atoms with van der Waals surface area (Å²) in [5.41, 5.74) is 1.91. The molecular weight excluding hydrogens is 499 g/mol. The Labute approximate surface area is 211 Å². The van der Waals surface area contributed by atoms with Crippen LogP contribution in [-0.2, 0) is 16.1 Å². The predicted octanol–water partition coefficient (Wildman–Crippen LogP) is 5.98. The first-order chi connectivity index (χ1) is 16.2. The molecule has 1 unspecified atom stereocenters. The van der Waals surface area contributed by atoms with Gasteiger partial charge >= 0.3 is 0 Å². The number of likely N-dealkylation sites (tertiary alicyclic amines) is 1. The smallest absolute Gasteiger partial charge is 0.296 e. The Morgan fingerprint density at radius 1 is 1.06 bits per heavy atom. The number of carbonyl (C=O) groups excluding carboxylic acids is 2. The second kappa shape index (κ2) is 9.66. The monoisotopic (exact) mass is 516 g/mol. The number of aryl methyl sites for hydroxylation is 1. The Morgan fingerprint density at radius 3 is 2.47 bits per heavy atom. The number of aliphatic hydroxyl groups is 1. The van der Waals surface area contributed by atoms with Gasteiger partial charge in [0.05, 0.1) is 51.6 Å². The Morgan fingerprint density at radius 2 is 1.82 bits per heavy atom.